The maximum atomic E-state index is 12.6. The minimum absolute atomic E-state index is 0.00168. The maximum Gasteiger partial charge on any atom is 0.257 e. The lowest BCUT2D eigenvalue weighted by molar-refractivity contribution is -0.123. The summed E-state index contributed by atoms with van der Waals surface area (Å²) in [5.41, 5.74) is 2.13. The zero-order chi connectivity index (χ0) is 20.7. The van der Waals surface area contributed by atoms with Crippen molar-refractivity contribution in [3.8, 4) is 11.5 Å². The van der Waals surface area contributed by atoms with Crippen LogP contribution in [0.3, 0.4) is 0 Å². The van der Waals surface area contributed by atoms with Crippen molar-refractivity contribution in [1.82, 2.24) is 9.62 Å². The number of methoxy groups -OCH3 is 1. The van der Waals surface area contributed by atoms with Crippen LogP contribution in [-0.4, -0.2) is 51.2 Å². The third-order valence-electron chi connectivity index (χ3n) is 4.80. The van der Waals surface area contributed by atoms with E-state index in [1.165, 1.54) is 4.31 Å². The number of para-hydroxylation sites is 1. The van der Waals surface area contributed by atoms with E-state index in [1.807, 2.05) is 36.4 Å². The summed E-state index contributed by atoms with van der Waals surface area (Å²) in [5, 5.41) is 2.70. The van der Waals surface area contributed by atoms with Crippen molar-refractivity contribution < 1.29 is 22.7 Å². The molecule has 1 aliphatic heterocycles. The number of fused-ring (bicyclic) bond motifs is 1. The maximum absolute atomic E-state index is 12.6. The molecule has 0 bridgehead atoms. The molecule has 0 saturated heterocycles. The van der Waals surface area contributed by atoms with Crippen molar-refractivity contribution >= 4 is 15.9 Å². The molecular formula is C21H26N2O5S. The van der Waals surface area contributed by atoms with Gasteiger partial charge >= 0.3 is 0 Å². The number of ether oxygens (including phenoxy) is 2. The Morgan fingerprint density at radius 1 is 1.10 bits per heavy atom. The predicted octanol–water partition coefficient (Wildman–Crippen LogP) is 1.97. The van der Waals surface area contributed by atoms with Gasteiger partial charge in [0.05, 0.1) is 12.9 Å². The highest BCUT2D eigenvalue weighted by molar-refractivity contribution is 7.89. The molecule has 8 heteroatoms. The van der Waals surface area contributed by atoms with Crippen LogP contribution in [0.2, 0.25) is 0 Å². The van der Waals surface area contributed by atoms with Crippen LogP contribution < -0.4 is 14.8 Å². The average Bonchev–Trinajstić information content (AvgIpc) is 2.75. The van der Waals surface area contributed by atoms with E-state index in [0.29, 0.717) is 31.7 Å². The van der Waals surface area contributed by atoms with Crippen LogP contribution in [0.1, 0.15) is 17.5 Å². The molecule has 0 spiro atoms. The Labute approximate surface area is 171 Å². The Morgan fingerprint density at radius 3 is 2.66 bits per heavy atom. The smallest absolute Gasteiger partial charge is 0.257 e. The van der Waals surface area contributed by atoms with Crippen molar-refractivity contribution in [2.75, 3.05) is 32.6 Å². The quantitative estimate of drug-likeness (QED) is 0.630. The molecule has 1 heterocycles. The number of nitrogens with zero attached hydrogens (tertiary/aromatic N) is 1. The molecule has 1 N–H and O–H groups in total. The summed E-state index contributed by atoms with van der Waals surface area (Å²) < 4.78 is 37.4. The molecule has 2 aromatic carbocycles. The molecule has 0 fully saturated rings. The van der Waals surface area contributed by atoms with Gasteiger partial charge < -0.3 is 14.8 Å². The lowest BCUT2D eigenvalue weighted by atomic mass is 10.0. The summed E-state index contributed by atoms with van der Waals surface area (Å²) in [5.74, 6) is 1.13. The Balaban J connectivity index is 1.41. The van der Waals surface area contributed by atoms with E-state index >= 15 is 0 Å². The third-order valence-corrected chi connectivity index (χ3v) is 6.70. The van der Waals surface area contributed by atoms with Crippen LogP contribution in [0, 0.1) is 0 Å². The second-order valence-corrected chi connectivity index (χ2v) is 8.93. The van der Waals surface area contributed by atoms with Crippen LogP contribution in [0.15, 0.2) is 48.5 Å². The molecule has 7 nitrogen and oxygen atoms in total. The predicted molar refractivity (Wildman–Crippen MR) is 110 cm³/mol. The van der Waals surface area contributed by atoms with Gasteiger partial charge in [-0.25, -0.2) is 8.42 Å². The van der Waals surface area contributed by atoms with E-state index in [1.54, 1.807) is 19.2 Å². The van der Waals surface area contributed by atoms with Gasteiger partial charge in [-0.3, -0.25) is 4.79 Å². The Kier molecular flexibility index (Phi) is 7.11. The molecule has 0 aliphatic carbocycles. The monoisotopic (exact) mass is 418 g/mol. The number of carbonyl (C=O) groups is 1. The molecule has 3 rings (SSSR count). The number of sulfonamides is 1. The van der Waals surface area contributed by atoms with Crippen molar-refractivity contribution in [3.63, 3.8) is 0 Å². The average molecular weight is 419 g/mol. The number of carbonyl (C=O) groups excluding carboxylic acids is 1. The van der Waals surface area contributed by atoms with Crippen LogP contribution in [0.25, 0.3) is 0 Å². The SMILES string of the molecule is COc1ccc2c(c1)CCN(S(=O)(=O)CCCNC(=O)COc1ccccc1)C2. The zero-order valence-corrected chi connectivity index (χ0v) is 17.3. The number of benzene rings is 2. The largest absolute Gasteiger partial charge is 0.497 e. The van der Waals surface area contributed by atoms with Crippen molar-refractivity contribution in [3.05, 3.63) is 59.7 Å². The van der Waals surface area contributed by atoms with Gasteiger partial charge in [-0.1, -0.05) is 24.3 Å². The van der Waals surface area contributed by atoms with Gasteiger partial charge in [0.2, 0.25) is 10.0 Å². The fraction of sp³-hybridized carbons (Fsp3) is 0.381. The van der Waals surface area contributed by atoms with Crippen LogP contribution >= 0.6 is 0 Å². The number of nitrogens with one attached hydrogen (secondary N) is 1. The van der Waals surface area contributed by atoms with Crippen LogP contribution in [-0.2, 0) is 27.8 Å². The fourth-order valence-corrected chi connectivity index (χ4v) is 4.67. The Hall–Kier alpha value is -2.58. The first-order valence-electron chi connectivity index (χ1n) is 9.56. The first-order valence-corrected chi connectivity index (χ1v) is 11.2. The van der Waals surface area contributed by atoms with Gasteiger partial charge in [0.15, 0.2) is 6.61 Å². The van der Waals surface area contributed by atoms with Crippen LogP contribution in [0.5, 0.6) is 11.5 Å². The molecule has 156 valence electrons. The number of hydrogen-bond donors (Lipinski definition) is 1. The first-order chi connectivity index (χ1) is 14.0. The molecule has 0 atom stereocenters. The molecule has 0 saturated carbocycles. The number of amides is 1. The molecule has 0 unspecified atom stereocenters. The Bertz CT molecular complexity index is 931. The molecule has 1 amide bonds. The summed E-state index contributed by atoms with van der Waals surface area (Å²) in [7, 11) is -1.76. The van der Waals surface area contributed by atoms with Gasteiger partial charge in [0.1, 0.15) is 11.5 Å². The lowest BCUT2D eigenvalue weighted by Gasteiger charge is -2.28. The normalized spacial score (nSPS) is 14.1. The first kappa shape index (κ1) is 21.1. The summed E-state index contributed by atoms with van der Waals surface area (Å²) >= 11 is 0. The number of rotatable bonds is 9. The van der Waals surface area contributed by atoms with E-state index in [0.717, 1.165) is 16.9 Å². The van der Waals surface area contributed by atoms with Gasteiger partial charge in [0.25, 0.3) is 5.91 Å². The molecule has 0 radical (unpaired) electrons. The van der Waals surface area contributed by atoms with Crippen molar-refractivity contribution in [2.45, 2.75) is 19.4 Å². The minimum atomic E-state index is -3.38. The lowest BCUT2D eigenvalue weighted by Crippen LogP contribution is -2.38. The standard InChI is InChI=1S/C21H26N2O5S/c1-27-20-9-8-18-15-23(12-10-17(18)14-20)29(25,26)13-5-11-22-21(24)16-28-19-6-3-2-4-7-19/h2-4,6-9,14H,5,10-13,15-16H2,1H3,(H,22,24). The van der Waals surface area contributed by atoms with Crippen molar-refractivity contribution in [2.24, 2.45) is 0 Å². The molecular weight excluding hydrogens is 392 g/mol. The Morgan fingerprint density at radius 2 is 1.90 bits per heavy atom. The molecule has 1 aliphatic rings. The molecule has 29 heavy (non-hydrogen) atoms. The van der Waals surface area contributed by atoms with Gasteiger partial charge in [-0.15, -0.1) is 0 Å². The van der Waals surface area contributed by atoms with Crippen LogP contribution in [0.4, 0.5) is 0 Å². The number of hydrogen-bond acceptors (Lipinski definition) is 5. The van der Waals surface area contributed by atoms with E-state index in [9.17, 15) is 13.2 Å². The topological polar surface area (TPSA) is 84.9 Å². The highest BCUT2D eigenvalue weighted by Gasteiger charge is 2.26. The van der Waals surface area contributed by atoms with E-state index < -0.39 is 10.0 Å². The van der Waals surface area contributed by atoms with Crippen molar-refractivity contribution in [1.29, 1.82) is 0 Å². The third kappa shape index (κ3) is 5.95. The fourth-order valence-electron chi connectivity index (χ4n) is 3.20. The summed E-state index contributed by atoms with van der Waals surface area (Å²) in [6.45, 7) is 1.03. The molecule has 2 aromatic rings. The highest BCUT2D eigenvalue weighted by atomic mass is 32.2. The highest BCUT2D eigenvalue weighted by Crippen LogP contribution is 2.25. The summed E-state index contributed by atoms with van der Waals surface area (Å²) in [6, 6.07) is 14.8. The summed E-state index contributed by atoms with van der Waals surface area (Å²) in [6.07, 6.45) is 1.02. The van der Waals surface area contributed by atoms with E-state index in [-0.39, 0.29) is 24.8 Å². The zero-order valence-electron chi connectivity index (χ0n) is 16.5. The van der Waals surface area contributed by atoms with E-state index in [4.69, 9.17) is 9.47 Å². The minimum Gasteiger partial charge on any atom is -0.497 e. The second kappa shape index (κ2) is 9.76. The molecule has 0 aromatic heterocycles. The van der Waals surface area contributed by atoms with E-state index in [2.05, 4.69) is 5.32 Å². The van der Waals surface area contributed by atoms with Gasteiger partial charge in [-0.05, 0) is 48.2 Å². The van der Waals surface area contributed by atoms with Gasteiger partial charge in [0, 0.05) is 19.6 Å². The van der Waals surface area contributed by atoms with Gasteiger partial charge in [-0.2, -0.15) is 4.31 Å². The summed E-state index contributed by atoms with van der Waals surface area (Å²) in [4.78, 5) is 11.8. The second-order valence-electron chi connectivity index (χ2n) is 6.84.